The van der Waals surface area contributed by atoms with Crippen LogP contribution in [-0.4, -0.2) is 34.6 Å². The third-order valence-corrected chi connectivity index (χ3v) is 5.02. The number of aromatic nitrogens is 2. The van der Waals surface area contributed by atoms with Crippen LogP contribution in [0.2, 0.25) is 0 Å². The summed E-state index contributed by atoms with van der Waals surface area (Å²) in [7, 11) is 0. The Kier molecular flexibility index (Phi) is 4.06. The highest BCUT2D eigenvalue weighted by Gasteiger charge is 2.34. The van der Waals surface area contributed by atoms with Crippen LogP contribution < -0.4 is 10.2 Å². The van der Waals surface area contributed by atoms with Crippen LogP contribution in [-0.2, 0) is 11.3 Å². The number of benzene rings is 1. The molecule has 0 bridgehead atoms. The van der Waals surface area contributed by atoms with Crippen molar-refractivity contribution in [3.63, 3.8) is 0 Å². The van der Waals surface area contributed by atoms with Gasteiger partial charge < -0.3 is 14.8 Å². The Labute approximate surface area is 140 Å². The number of amides is 1. The van der Waals surface area contributed by atoms with E-state index in [0.29, 0.717) is 24.6 Å². The highest BCUT2D eigenvalue weighted by molar-refractivity contribution is 5.99. The molecular weight excluding hydrogens is 307 g/mol. The van der Waals surface area contributed by atoms with Gasteiger partial charge in [0.15, 0.2) is 0 Å². The number of para-hydroxylation sites is 1. The van der Waals surface area contributed by atoms with E-state index in [0.717, 1.165) is 31.8 Å². The zero-order valence-corrected chi connectivity index (χ0v) is 13.5. The van der Waals surface area contributed by atoms with Gasteiger partial charge in [-0.25, -0.2) is 9.37 Å². The van der Waals surface area contributed by atoms with Crippen LogP contribution in [0.5, 0.6) is 0 Å². The number of carbonyl (C=O) groups excluding carboxylic acids is 1. The number of fused-ring (bicyclic) bond motifs is 1. The second-order valence-electron chi connectivity index (χ2n) is 6.51. The van der Waals surface area contributed by atoms with Gasteiger partial charge >= 0.3 is 0 Å². The molecule has 5 nitrogen and oxygen atoms in total. The minimum absolute atomic E-state index is 0.0424. The molecule has 2 aromatic rings. The fourth-order valence-electron chi connectivity index (χ4n) is 3.76. The molecule has 1 N–H and O–H groups in total. The Balaban J connectivity index is 1.41. The van der Waals surface area contributed by atoms with Crippen LogP contribution in [0.4, 0.5) is 10.1 Å². The maximum atomic E-state index is 13.9. The molecule has 6 heteroatoms. The third-order valence-electron chi connectivity index (χ3n) is 5.02. The first-order valence-corrected chi connectivity index (χ1v) is 8.54. The number of anilines is 1. The van der Waals surface area contributed by atoms with Crippen LogP contribution in [0.25, 0.3) is 0 Å². The van der Waals surface area contributed by atoms with Gasteiger partial charge in [-0.15, -0.1) is 0 Å². The lowest BCUT2D eigenvalue weighted by atomic mass is 9.98. The van der Waals surface area contributed by atoms with Gasteiger partial charge in [0.2, 0.25) is 5.91 Å². The van der Waals surface area contributed by atoms with Crippen LogP contribution in [0.3, 0.4) is 0 Å². The molecule has 0 spiro atoms. The number of nitrogens with zero attached hydrogens (tertiary/aromatic N) is 3. The molecule has 2 aliphatic rings. The number of imidazole rings is 1. The van der Waals surface area contributed by atoms with E-state index in [4.69, 9.17) is 0 Å². The molecule has 126 valence electrons. The molecule has 0 radical (unpaired) electrons. The Morgan fingerprint density at radius 1 is 1.25 bits per heavy atom. The van der Waals surface area contributed by atoms with Gasteiger partial charge in [0.1, 0.15) is 11.6 Å². The van der Waals surface area contributed by atoms with Gasteiger partial charge in [-0.05, 0) is 31.4 Å². The smallest absolute Gasteiger partial charge is 0.244 e. The van der Waals surface area contributed by atoms with E-state index in [1.54, 1.807) is 23.1 Å². The first kappa shape index (κ1) is 15.3. The SMILES string of the molecule is O=C1[C@H](NC[C@@H]2CCCn3ccnc32)CCN1c1ccccc1F. The fraction of sp³-hybridized carbons (Fsp3) is 0.444. The van der Waals surface area contributed by atoms with E-state index in [-0.39, 0.29) is 17.8 Å². The second kappa shape index (κ2) is 6.36. The van der Waals surface area contributed by atoms with Crippen LogP contribution >= 0.6 is 0 Å². The molecule has 0 unspecified atom stereocenters. The first-order chi connectivity index (χ1) is 11.7. The van der Waals surface area contributed by atoms with Gasteiger partial charge in [-0.3, -0.25) is 4.79 Å². The molecule has 3 heterocycles. The monoisotopic (exact) mass is 328 g/mol. The number of halogens is 1. The summed E-state index contributed by atoms with van der Waals surface area (Å²) in [5.74, 6) is 1.05. The number of nitrogens with one attached hydrogen (secondary N) is 1. The predicted molar refractivity (Wildman–Crippen MR) is 89.4 cm³/mol. The maximum Gasteiger partial charge on any atom is 0.244 e. The molecule has 24 heavy (non-hydrogen) atoms. The van der Waals surface area contributed by atoms with E-state index in [1.165, 1.54) is 6.07 Å². The van der Waals surface area contributed by atoms with E-state index in [9.17, 15) is 9.18 Å². The van der Waals surface area contributed by atoms with Gasteiger partial charge in [-0.1, -0.05) is 12.1 Å². The van der Waals surface area contributed by atoms with E-state index >= 15 is 0 Å². The molecule has 1 amide bonds. The number of rotatable bonds is 4. The standard InChI is InChI=1S/C18H21FN4O/c19-14-5-1-2-6-16(14)23-10-7-15(18(23)24)21-12-13-4-3-9-22-11-8-20-17(13)22/h1-2,5-6,8,11,13,15,21H,3-4,7,9-10,12H2/t13-,15+/m0/s1. The van der Waals surface area contributed by atoms with Gasteiger partial charge in [0.25, 0.3) is 0 Å². The summed E-state index contributed by atoms with van der Waals surface area (Å²) in [4.78, 5) is 18.6. The molecule has 2 aliphatic heterocycles. The molecule has 0 aliphatic carbocycles. The van der Waals surface area contributed by atoms with Crippen molar-refractivity contribution in [1.82, 2.24) is 14.9 Å². The lowest BCUT2D eigenvalue weighted by Crippen LogP contribution is -2.41. The third kappa shape index (κ3) is 2.71. The van der Waals surface area contributed by atoms with Crippen molar-refractivity contribution in [3.8, 4) is 0 Å². The highest BCUT2D eigenvalue weighted by atomic mass is 19.1. The fourth-order valence-corrected chi connectivity index (χ4v) is 3.76. The van der Waals surface area contributed by atoms with Crippen molar-refractivity contribution in [2.75, 3.05) is 18.0 Å². The molecule has 2 atom stereocenters. The van der Waals surface area contributed by atoms with Gasteiger partial charge in [0.05, 0.1) is 11.7 Å². The lowest BCUT2D eigenvalue weighted by Gasteiger charge is -2.25. The van der Waals surface area contributed by atoms with E-state index in [1.807, 2.05) is 12.4 Å². The zero-order chi connectivity index (χ0) is 16.5. The summed E-state index contributed by atoms with van der Waals surface area (Å²) in [5, 5.41) is 3.38. The summed E-state index contributed by atoms with van der Waals surface area (Å²) in [6.07, 6.45) is 6.78. The number of hydrogen-bond donors (Lipinski definition) is 1. The maximum absolute atomic E-state index is 13.9. The summed E-state index contributed by atoms with van der Waals surface area (Å²) < 4.78 is 16.1. The molecule has 1 saturated heterocycles. The predicted octanol–water partition coefficient (Wildman–Crippen LogP) is 2.29. The lowest BCUT2D eigenvalue weighted by molar-refractivity contribution is -0.118. The normalized spacial score (nSPS) is 23.5. The Hall–Kier alpha value is -2.21. The van der Waals surface area contributed by atoms with Crippen LogP contribution in [0.1, 0.15) is 31.0 Å². The minimum atomic E-state index is -0.346. The molecule has 1 aromatic carbocycles. The highest BCUT2D eigenvalue weighted by Crippen LogP contribution is 2.27. The molecule has 4 rings (SSSR count). The van der Waals surface area contributed by atoms with E-state index in [2.05, 4.69) is 14.9 Å². The summed E-state index contributed by atoms with van der Waals surface area (Å²) >= 11 is 0. The zero-order valence-electron chi connectivity index (χ0n) is 13.5. The molecular formula is C18H21FN4O. The summed E-state index contributed by atoms with van der Waals surface area (Å²) in [5.41, 5.74) is 0.375. The summed E-state index contributed by atoms with van der Waals surface area (Å²) in [6.45, 7) is 2.31. The van der Waals surface area contributed by atoms with Crippen molar-refractivity contribution in [1.29, 1.82) is 0 Å². The Morgan fingerprint density at radius 2 is 2.12 bits per heavy atom. The van der Waals surface area contributed by atoms with Crippen molar-refractivity contribution >= 4 is 11.6 Å². The van der Waals surface area contributed by atoms with Crippen LogP contribution in [0.15, 0.2) is 36.7 Å². The summed E-state index contributed by atoms with van der Waals surface area (Å²) in [6, 6.07) is 6.21. The van der Waals surface area contributed by atoms with E-state index < -0.39 is 0 Å². The second-order valence-corrected chi connectivity index (χ2v) is 6.51. The topological polar surface area (TPSA) is 50.2 Å². The van der Waals surface area contributed by atoms with Crippen molar-refractivity contribution < 1.29 is 9.18 Å². The average Bonchev–Trinajstić information content (AvgIpc) is 3.21. The average molecular weight is 328 g/mol. The first-order valence-electron chi connectivity index (χ1n) is 8.54. The van der Waals surface area contributed by atoms with Gasteiger partial charge in [0, 0.05) is 37.9 Å². The largest absolute Gasteiger partial charge is 0.335 e. The van der Waals surface area contributed by atoms with Crippen molar-refractivity contribution in [2.45, 2.75) is 37.8 Å². The quantitative estimate of drug-likeness (QED) is 0.937. The van der Waals surface area contributed by atoms with Crippen molar-refractivity contribution in [3.05, 3.63) is 48.3 Å². The van der Waals surface area contributed by atoms with Crippen molar-refractivity contribution in [2.24, 2.45) is 0 Å². The number of hydrogen-bond acceptors (Lipinski definition) is 3. The Bertz CT molecular complexity index is 744. The van der Waals surface area contributed by atoms with Gasteiger partial charge in [-0.2, -0.15) is 0 Å². The number of aryl methyl sites for hydroxylation is 1. The minimum Gasteiger partial charge on any atom is -0.335 e. The number of carbonyl (C=O) groups is 1. The molecule has 0 saturated carbocycles. The molecule has 1 aromatic heterocycles. The Morgan fingerprint density at radius 3 is 3.00 bits per heavy atom. The van der Waals surface area contributed by atoms with Crippen LogP contribution in [0, 0.1) is 5.82 Å². The molecule has 1 fully saturated rings.